The van der Waals surface area contributed by atoms with Gasteiger partial charge in [-0.3, -0.25) is 4.79 Å². The van der Waals surface area contributed by atoms with Crippen LogP contribution in [0.2, 0.25) is 0 Å². The number of rotatable bonds is 8. The van der Waals surface area contributed by atoms with E-state index in [0.717, 1.165) is 22.7 Å². The fourth-order valence-corrected chi connectivity index (χ4v) is 3.52. The van der Waals surface area contributed by atoms with Crippen LogP contribution in [0.1, 0.15) is 11.3 Å². The van der Waals surface area contributed by atoms with E-state index in [-0.39, 0.29) is 5.91 Å². The second-order valence-corrected chi connectivity index (χ2v) is 7.81. The molecule has 0 fully saturated rings. The van der Waals surface area contributed by atoms with Gasteiger partial charge in [0.1, 0.15) is 29.7 Å². The number of aryl methyl sites for hydroxylation is 1. The highest BCUT2D eigenvalue weighted by atomic mass is 16.5. The lowest BCUT2D eigenvalue weighted by Gasteiger charge is -2.12. The lowest BCUT2D eigenvalue weighted by atomic mass is 10.2. The monoisotopic (exact) mass is 478 g/mol. The molecule has 0 saturated carbocycles. The van der Waals surface area contributed by atoms with E-state index in [2.05, 4.69) is 42.2 Å². The Morgan fingerprint density at radius 2 is 2.03 bits per heavy atom. The predicted octanol–water partition coefficient (Wildman–Crippen LogP) is 4.23. The van der Waals surface area contributed by atoms with Gasteiger partial charge in [-0.25, -0.2) is 24.5 Å². The third-order valence-corrected chi connectivity index (χ3v) is 5.29. The van der Waals surface area contributed by atoms with Crippen LogP contribution in [0.15, 0.2) is 80.0 Å². The number of carbonyl (C=O) groups is 1. The quantitative estimate of drug-likeness (QED) is 0.318. The van der Waals surface area contributed by atoms with E-state index >= 15 is 0 Å². The molecule has 2 N–H and O–H groups in total. The van der Waals surface area contributed by atoms with Gasteiger partial charge < -0.3 is 15.4 Å². The van der Waals surface area contributed by atoms with Crippen molar-refractivity contribution in [2.24, 2.45) is 0 Å². The fraction of sp³-hybridized carbons (Fsp3) is 0.0769. The number of aromatic nitrogens is 6. The molecule has 0 aliphatic carbocycles. The Kier molecular flexibility index (Phi) is 6.31. The number of benzene rings is 1. The molecule has 0 unspecified atom stereocenters. The van der Waals surface area contributed by atoms with Crippen LogP contribution in [0.3, 0.4) is 0 Å². The molecule has 0 spiro atoms. The van der Waals surface area contributed by atoms with Gasteiger partial charge in [-0.2, -0.15) is 5.10 Å². The van der Waals surface area contributed by atoms with E-state index in [4.69, 9.17) is 4.74 Å². The standard InChI is InChI=1S/C26H22N8O2/c1-3-24(35)27-11-4-5-18-6-8-21-25(32-18)26(30-15-28-21)33-19-7-9-22(17(2)13-19)36-20-10-12-34-23(14-20)29-16-31-34/h3-10,12-16H,1,11H2,2H3,(H,27,35)(H,28,30,33). The molecule has 10 nitrogen and oxygen atoms in total. The molecule has 5 rings (SSSR count). The first-order valence-electron chi connectivity index (χ1n) is 11.1. The summed E-state index contributed by atoms with van der Waals surface area (Å²) in [4.78, 5) is 28.8. The van der Waals surface area contributed by atoms with Crippen molar-refractivity contribution in [3.8, 4) is 11.5 Å². The maximum absolute atomic E-state index is 11.3. The number of amides is 1. The predicted molar refractivity (Wildman–Crippen MR) is 137 cm³/mol. The number of hydrogen-bond acceptors (Lipinski definition) is 8. The van der Waals surface area contributed by atoms with Crippen molar-refractivity contribution in [1.82, 2.24) is 34.9 Å². The molecular weight excluding hydrogens is 456 g/mol. The Morgan fingerprint density at radius 1 is 1.11 bits per heavy atom. The SMILES string of the molecule is C=CC(=O)NCC=Cc1ccc2ncnc(Nc3ccc(Oc4ccn5ncnc5c4)c(C)c3)c2n1. The van der Waals surface area contributed by atoms with Gasteiger partial charge in [0, 0.05) is 24.5 Å². The molecule has 0 saturated heterocycles. The van der Waals surface area contributed by atoms with Crippen LogP contribution in [0.5, 0.6) is 11.5 Å². The van der Waals surface area contributed by atoms with Crippen LogP contribution in [-0.2, 0) is 4.79 Å². The van der Waals surface area contributed by atoms with Crippen LogP contribution in [0.4, 0.5) is 11.5 Å². The molecular formula is C26H22N8O2. The third kappa shape index (κ3) is 5.02. The smallest absolute Gasteiger partial charge is 0.243 e. The summed E-state index contributed by atoms with van der Waals surface area (Å²) in [7, 11) is 0. The zero-order valence-electron chi connectivity index (χ0n) is 19.4. The van der Waals surface area contributed by atoms with Crippen molar-refractivity contribution in [1.29, 1.82) is 0 Å². The topological polar surface area (TPSA) is 119 Å². The minimum Gasteiger partial charge on any atom is -0.457 e. The normalized spacial score (nSPS) is 11.1. The molecule has 1 aromatic carbocycles. The summed E-state index contributed by atoms with van der Waals surface area (Å²) in [6.45, 7) is 5.78. The van der Waals surface area contributed by atoms with E-state index in [9.17, 15) is 4.79 Å². The van der Waals surface area contributed by atoms with E-state index in [0.29, 0.717) is 34.8 Å². The summed E-state index contributed by atoms with van der Waals surface area (Å²) < 4.78 is 7.74. The molecule has 0 aliphatic heterocycles. The van der Waals surface area contributed by atoms with Crippen molar-refractivity contribution < 1.29 is 9.53 Å². The highest BCUT2D eigenvalue weighted by Gasteiger charge is 2.09. The second-order valence-electron chi connectivity index (χ2n) is 7.81. The van der Waals surface area contributed by atoms with Gasteiger partial charge in [0.2, 0.25) is 5.91 Å². The van der Waals surface area contributed by atoms with E-state index in [1.54, 1.807) is 10.7 Å². The molecule has 4 heterocycles. The molecule has 0 radical (unpaired) electrons. The number of anilines is 2. The Morgan fingerprint density at radius 3 is 2.89 bits per heavy atom. The van der Waals surface area contributed by atoms with Gasteiger partial charge in [-0.15, -0.1) is 0 Å². The Bertz CT molecular complexity index is 1610. The maximum atomic E-state index is 11.3. The molecule has 178 valence electrons. The second kappa shape index (κ2) is 10.0. The molecule has 1 amide bonds. The number of pyridine rings is 2. The van der Waals surface area contributed by atoms with Crippen molar-refractivity contribution in [2.75, 3.05) is 11.9 Å². The number of fused-ring (bicyclic) bond motifs is 2. The summed E-state index contributed by atoms with van der Waals surface area (Å²) in [5.74, 6) is 1.76. The fourth-order valence-electron chi connectivity index (χ4n) is 3.52. The minimum atomic E-state index is -0.228. The highest BCUT2D eigenvalue weighted by molar-refractivity contribution is 5.88. The average Bonchev–Trinajstić information content (AvgIpc) is 3.36. The van der Waals surface area contributed by atoms with Crippen LogP contribution < -0.4 is 15.4 Å². The molecule has 0 bridgehead atoms. The van der Waals surface area contributed by atoms with Crippen LogP contribution in [-0.4, -0.2) is 42.0 Å². The first kappa shape index (κ1) is 22.7. The van der Waals surface area contributed by atoms with Crippen molar-refractivity contribution >= 4 is 40.2 Å². The number of nitrogens with zero attached hydrogens (tertiary/aromatic N) is 6. The van der Waals surface area contributed by atoms with Gasteiger partial charge in [0.05, 0.1) is 11.2 Å². The zero-order valence-corrected chi connectivity index (χ0v) is 19.4. The summed E-state index contributed by atoms with van der Waals surface area (Å²) >= 11 is 0. The maximum Gasteiger partial charge on any atom is 0.243 e. The van der Waals surface area contributed by atoms with Crippen LogP contribution in [0.25, 0.3) is 22.8 Å². The molecule has 0 atom stereocenters. The van der Waals surface area contributed by atoms with E-state index in [1.165, 1.54) is 18.7 Å². The van der Waals surface area contributed by atoms with Gasteiger partial charge in [-0.1, -0.05) is 12.7 Å². The van der Waals surface area contributed by atoms with Crippen molar-refractivity contribution in [3.05, 3.63) is 91.3 Å². The Balaban J connectivity index is 1.34. The summed E-state index contributed by atoms with van der Waals surface area (Å²) in [6, 6.07) is 13.2. The van der Waals surface area contributed by atoms with Crippen molar-refractivity contribution in [3.63, 3.8) is 0 Å². The molecule has 36 heavy (non-hydrogen) atoms. The molecule has 5 aromatic rings. The van der Waals surface area contributed by atoms with Crippen LogP contribution in [0, 0.1) is 6.92 Å². The Labute approximate surface area is 206 Å². The molecule has 10 heteroatoms. The zero-order chi connectivity index (χ0) is 24.9. The average molecular weight is 479 g/mol. The van der Waals surface area contributed by atoms with Gasteiger partial charge >= 0.3 is 0 Å². The van der Waals surface area contributed by atoms with Crippen LogP contribution >= 0.6 is 0 Å². The first-order valence-corrected chi connectivity index (χ1v) is 11.1. The summed E-state index contributed by atoms with van der Waals surface area (Å²) in [5.41, 5.74) is 4.56. The largest absolute Gasteiger partial charge is 0.457 e. The summed E-state index contributed by atoms with van der Waals surface area (Å²) in [6.07, 6.45) is 9.67. The lowest BCUT2D eigenvalue weighted by molar-refractivity contribution is -0.116. The first-order chi connectivity index (χ1) is 17.6. The number of ether oxygens (including phenoxy) is 1. The Hall–Kier alpha value is -5.12. The highest BCUT2D eigenvalue weighted by Crippen LogP contribution is 2.29. The lowest BCUT2D eigenvalue weighted by Crippen LogP contribution is -2.20. The van der Waals surface area contributed by atoms with Crippen molar-refractivity contribution in [2.45, 2.75) is 6.92 Å². The number of hydrogen-bond donors (Lipinski definition) is 2. The van der Waals surface area contributed by atoms with Gasteiger partial charge in [0.15, 0.2) is 11.5 Å². The molecule has 4 aromatic heterocycles. The van der Waals surface area contributed by atoms with E-state index in [1.807, 2.05) is 61.5 Å². The van der Waals surface area contributed by atoms with E-state index < -0.39 is 0 Å². The number of nitrogens with one attached hydrogen (secondary N) is 2. The third-order valence-electron chi connectivity index (χ3n) is 5.29. The minimum absolute atomic E-state index is 0.228. The molecule has 0 aliphatic rings. The van der Waals surface area contributed by atoms with Gasteiger partial charge in [0.25, 0.3) is 0 Å². The summed E-state index contributed by atoms with van der Waals surface area (Å²) in [5, 5.41) is 10.1. The van der Waals surface area contributed by atoms with Gasteiger partial charge in [-0.05, 0) is 61.0 Å². The number of carbonyl (C=O) groups excluding carboxylic acids is 1.